The predicted molar refractivity (Wildman–Crippen MR) is 182 cm³/mol. The van der Waals surface area contributed by atoms with E-state index in [1.54, 1.807) is 37.7 Å². The fourth-order valence-electron chi connectivity index (χ4n) is 5.81. The van der Waals surface area contributed by atoms with Gasteiger partial charge >= 0.3 is 5.97 Å². The van der Waals surface area contributed by atoms with Gasteiger partial charge in [0, 0.05) is 34.2 Å². The van der Waals surface area contributed by atoms with Crippen LogP contribution in [0.15, 0.2) is 94.0 Å². The second-order valence-corrected chi connectivity index (χ2v) is 12.7. The van der Waals surface area contributed by atoms with Crippen molar-refractivity contribution in [2.45, 2.75) is 46.4 Å². The summed E-state index contributed by atoms with van der Waals surface area (Å²) < 4.78 is 21.3. The molecule has 0 radical (unpaired) electrons. The van der Waals surface area contributed by atoms with Gasteiger partial charge in [-0.25, -0.2) is 9.79 Å². The summed E-state index contributed by atoms with van der Waals surface area (Å²) in [6.45, 7) is 8.21. The van der Waals surface area contributed by atoms with Crippen molar-refractivity contribution in [3.63, 3.8) is 0 Å². The molecular weight excluding hydrogens is 622 g/mol. The van der Waals surface area contributed by atoms with Gasteiger partial charge < -0.3 is 18.8 Å². The van der Waals surface area contributed by atoms with Gasteiger partial charge in [0.2, 0.25) is 0 Å². The molecule has 0 aliphatic carbocycles. The molecule has 0 saturated heterocycles. The molecule has 0 spiro atoms. The van der Waals surface area contributed by atoms with E-state index in [1.807, 2.05) is 68.5 Å². The largest absolute Gasteiger partial charge is 0.493 e. The Balaban J connectivity index is 1.51. The van der Waals surface area contributed by atoms with Crippen molar-refractivity contribution < 1.29 is 19.0 Å². The minimum Gasteiger partial charge on any atom is -0.493 e. The van der Waals surface area contributed by atoms with E-state index in [0.717, 1.165) is 22.0 Å². The number of ether oxygens (including phenoxy) is 3. The van der Waals surface area contributed by atoms with Crippen LogP contribution in [0, 0.1) is 0 Å². The summed E-state index contributed by atoms with van der Waals surface area (Å²) in [5.41, 5.74) is 4.23. The number of fused-ring (bicyclic) bond motifs is 2. The molecule has 0 bridgehead atoms. The van der Waals surface area contributed by atoms with Crippen molar-refractivity contribution in [3.05, 3.63) is 126 Å². The molecule has 0 unspecified atom stereocenters. The maximum absolute atomic E-state index is 14.3. The highest BCUT2D eigenvalue weighted by Gasteiger charge is 2.34. The van der Waals surface area contributed by atoms with Crippen LogP contribution in [0.2, 0.25) is 5.02 Å². The fraction of sp³-hybridized carbons (Fsp3) is 0.250. The van der Waals surface area contributed by atoms with Crippen LogP contribution in [-0.4, -0.2) is 34.9 Å². The van der Waals surface area contributed by atoms with Crippen LogP contribution in [0.1, 0.15) is 50.4 Å². The van der Waals surface area contributed by atoms with Gasteiger partial charge in [0.15, 0.2) is 16.3 Å². The maximum Gasteiger partial charge on any atom is 0.338 e. The molecule has 3 aromatic carbocycles. The van der Waals surface area contributed by atoms with E-state index >= 15 is 0 Å². The summed E-state index contributed by atoms with van der Waals surface area (Å²) in [5.74, 6) is 0.550. The Morgan fingerprint density at radius 1 is 1.09 bits per heavy atom. The van der Waals surface area contributed by atoms with Crippen LogP contribution in [0.3, 0.4) is 0 Å². The Bertz CT molecular complexity index is 2180. The van der Waals surface area contributed by atoms with E-state index in [9.17, 15) is 9.59 Å². The lowest BCUT2D eigenvalue weighted by atomic mass is 9.95. The van der Waals surface area contributed by atoms with E-state index in [1.165, 1.54) is 11.3 Å². The first kappa shape index (κ1) is 31.4. The van der Waals surface area contributed by atoms with Crippen molar-refractivity contribution >= 4 is 45.9 Å². The maximum atomic E-state index is 14.3. The number of carbonyl (C=O) groups excluding carboxylic acids is 1. The van der Waals surface area contributed by atoms with Crippen LogP contribution in [0.4, 0.5) is 0 Å². The number of halogens is 1. The number of thiazole rings is 1. The van der Waals surface area contributed by atoms with Crippen LogP contribution >= 0.6 is 22.9 Å². The van der Waals surface area contributed by atoms with Gasteiger partial charge in [-0.1, -0.05) is 59.3 Å². The Labute approximate surface area is 275 Å². The Morgan fingerprint density at radius 3 is 2.63 bits per heavy atom. The minimum atomic E-state index is -0.774. The number of carbonyl (C=O) groups is 1. The number of methoxy groups -OCH3 is 1. The molecule has 1 atom stereocenters. The summed E-state index contributed by atoms with van der Waals surface area (Å²) >= 11 is 7.55. The molecule has 0 N–H and O–H groups in total. The van der Waals surface area contributed by atoms with E-state index in [2.05, 4.69) is 16.8 Å². The number of aromatic nitrogens is 2. The topological polar surface area (TPSA) is 84.1 Å². The van der Waals surface area contributed by atoms with Crippen molar-refractivity contribution in [3.8, 4) is 11.5 Å². The lowest BCUT2D eigenvalue weighted by Gasteiger charge is -2.25. The second kappa shape index (κ2) is 13.0. The molecule has 2 aromatic heterocycles. The first-order valence-corrected chi connectivity index (χ1v) is 16.2. The monoisotopic (exact) mass is 655 g/mol. The molecular formula is C36H34ClN3O5S. The zero-order valence-electron chi connectivity index (χ0n) is 26.2. The molecule has 1 aliphatic rings. The standard InChI is InChI=1S/C36H34ClN3O5S/c1-6-44-35(42)32-22(4)38-36-40(33(32)24-14-15-29(45-21(2)3)30(17-24)43-5)34(41)31(46-36)18-25-20-39(28-13-8-7-12-27(25)28)19-23-10-9-11-26(37)16-23/h7-18,20-21,33H,6,19H2,1-5H3/b31-18+/t33-/m1/s1. The minimum absolute atomic E-state index is 0.0638. The lowest BCUT2D eigenvalue weighted by Crippen LogP contribution is -2.40. The van der Waals surface area contributed by atoms with Crippen LogP contribution in [-0.2, 0) is 16.1 Å². The summed E-state index contributed by atoms with van der Waals surface area (Å²) in [4.78, 5) is 32.9. The molecule has 10 heteroatoms. The van der Waals surface area contributed by atoms with Gasteiger partial charge in [-0.05, 0) is 75.2 Å². The summed E-state index contributed by atoms with van der Waals surface area (Å²) in [6, 6.07) is 20.6. The third-order valence-corrected chi connectivity index (χ3v) is 8.95. The number of allylic oxidation sites excluding steroid dienone is 1. The number of rotatable bonds is 9. The van der Waals surface area contributed by atoms with Gasteiger partial charge in [0.1, 0.15) is 0 Å². The summed E-state index contributed by atoms with van der Waals surface area (Å²) in [6.07, 6.45) is 3.89. The molecule has 236 valence electrons. The zero-order chi connectivity index (χ0) is 32.5. The van der Waals surface area contributed by atoms with E-state index in [0.29, 0.717) is 49.2 Å². The molecule has 0 saturated carbocycles. The molecule has 3 heterocycles. The highest BCUT2D eigenvalue weighted by molar-refractivity contribution is 7.07. The third-order valence-electron chi connectivity index (χ3n) is 7.73. The van der Waals surface area contributed by atoms with Crippen LogP contribution in [0.5, 0.6) is 11.5 Å². The number of para-hydroxylation sites is 1. The Kier molecular flexibility index (Phi) is 8.88. The van der Waals surface area contributed by atoms with Gasteiger partial charge in [0.25, 0.3) is 5.56 Å². The fourth-order valence-corrected chi connectivity index (χ4v) is 7.06. The third kappa shape index (κ3) is 6.00. The lowest BCUT2D eigenvalue weighted by molar-refractivity contribution is -0.139. The van der Waals surface area contributed by atoms with Crippen molar-refractivity contribution in [2.75, 3.05) is 13.7 Å². The van der Waals surface area contributed by atoms with Gasteiger partial charge in [-0.3, -0.25) is 9.36 Å². The number of hydrogen-bond acceptors (Lipinski definition) is 7. The smallest absolute Gasteiger partial charge is 0.338 e. The second-order valence-electron chi connectivity index (χ2n) is 11.2. The zero-order valence-corrected chi connectivity index (χ0v) is 27.8. The van der Waals surface area contributed by atoms with E-state index in [4.69, 9.17) is 30.8 Å². The molecule has 0 fully saturated rings. The molecule has 1 aliphatic heterocycles. The number of benzene rings is 3. The average Bonchev–Trinajstić information content (AvgIpc) is 3.52. The first-order chi connectivity index (χ1) is 22.2. The van der Waals surface area contributed by atoms with Crippen LogP contribution < -0.4 is 24.4 Å². The molecule has 6 rings (SSSR count). The average molecular weight is 656 g/mol. The van der Waals surface area contributed by atoms with Crippen molar-refractivity contribution in [2.24, 2.45) is 4.99 Å². The van der Waals surface area contributed by atoms with Crippen molar-refractivity contribution in [1.29, 1.82) is 0 Å². The molecule has 8 nitrogen and oxygen atoms in total. The normalized spacial score (nSPS) is 14.8. The SMILES string of the molecule is CCOC(=O)C1=C(C)N=c2s/c(=C/c3cn(Cc4cccc(Cl)c4)c4ccccc34)c(=O)n2[C@@H]1c1ccc(OC(C)C)c(OC)c1. The summed E-state index contributed by atoms with van der Waals surface area (Å²) in [7, 11) is 1.56. The van der Waals surface area contributed by atoms with E-state index in [-0.39, 0.29) is 18.3 Å². The Morgan fingerprint density at radius 2 is 1.89 bits per heavy atom. The highest BCUT2D eigenvalue weighted by Crippen LogP contribution is 2.36. The Hall–Kier alpha value is -4.60. The number of nitrogens with zero attached hydrogens (tertiary/aromatic N) is 3. The highest BCUT2D eigenvalue weighted by atomic mass is 35.5. The van der Waals surface area contributed by atoms with Gasteiger partial charge in [0.05, 0.1) is 41.7 Å². The van der Waals surface area contributed by atoms with Crippen LogP contribution in [0.25, 0.3) is 17.0 Å². The molecule has 0 amide bonds. The van der Waals surface area contributed by atoms with E-state index < -0.39 is 12.0 Å². The molecule has 5 aromatic rings. The van der Waals surface area contributed by atoms with Crippen molar-refractivity contribution in [1.82, 2.24) is 9.13 Å². The molecule has 46 heavy (non-hydrogen) atoms. The van der Waals surface area contributed by atoms with Gasteiger partial charge in [-0.2, -0.15) is 0 Å². The predicted octanol–water partition coefficient (Wildman–Crippen LogP) is 6.25. The summed E-state index contributed by atoms with van der Waals surface area (Å²) in [5, 5.41) is 1.70. The number of hydrogen-bond donors (Lipinski definition) is 0. The number of esters is 1. The first-order valence-electron chi connectivity index (χ1n) is 15.0. The van der Waals surface area contributed by atoms with Gasteiger partial charge in [-0.15, -0.1) is 0 Å². The quantitative estimate of drug-likeness (QED) is 0.175.